The van der Waals surface area contributed by atoms with Crippen LogP contribution in [0.2, 0.25) is 0 Å². The van der Waals surface area contributed by atoms with E-state index in [1.54, 1.807) is 21.7 Å². The molecule has 2 bridgehead atoms. The van der Waals surface area contributed by atoms with E-state index in [2.05, 4.69) is 26.0 Å². The van der Waals surface area contributed by atoms with E-state index in [0.29, 0.717) is 36.7 Å². The maximum Gasteiger partial charge on any atom is 0.329 e. The molecule has 1 N–H and O–H groups in total. The van der Waals surface area contributed by atoms with Crippen LogP contribution in [0, 0.1) is 0 Å². The van der Waals surface area contributed by atoms with Crippen LogP contribution in [0.15, 0.2) is 84.9 Å². The number of para-hydroxylation sites is 2. The van der Waals surface area contributed by atoms with Crippen molar-refractivity contribution < 1.29 is 19.5 Å². The molecule has 0 saturated carbocycles. The maximum atomic E-state index is 14.1. The van der Waals surface area contributed by atoms with E-state index in [1.807, 2.05) is 72.8 Å². The van der Waals surface area contributed by atoms with E-state index in [9.17, 15) is 19.5 Å². The standard InChI is InChI=1S/C32H36N4O4/c1-22(2)24-16-14-23(15-17-24)20-33(3)31(39)36-27-18-19-28(36)29(30(37)38)34(21-27)32(40)35(25-10-6-4-7-11-25)26-12-8-5-9-13-26/h4-17,22,27-29H,18-21H2,1-3H3,(H,37,38)/t27-,28+,29-/m0/s1. The second kappa shape index (κ2) is 11.4. The number of rotatable bonds is 6. The van der Waals surface area contributed by atoms with Crippen molar-refractivity contribution in [1.29, 1.82) is 0 Å². The van der Waals surface area contributed by atoms with Gasteiger partial charge in [-0.2, -0.15) is 0 Å². The molecule has 2 aliphatic heterocycles. The molecule has 2 aliphatic rings. The molecule has 0 aromatic heterocycles. The van der Waals surface area contributed by atoms with Crippen LogP contribution in [0.5, 0.6) is 0 Å². The Bertz CT molecular complexity index is 1310. The zero-order valence-corrected chi connectivity index (χ0v) is 23.2. The number of carbonyl (C=O) groups excluding carboxylic acids is 2. The Morgan fingerprint density at radius 1 is 0.850 bits per heavy atom. The van der Waals surface area contributed by atoms with Crippen molar-refractivity contribution >= 4 is 29.4 Å². The van der Waals surface area contributed by atoms with Crippen molar-refractivity contribution in [3.63, 3.8) is 0 Å². The number of urea groups is 2. The number of anilines is 2. The van der Waals surface area contributed by atoms with Crippen molar-refractivity contribution in [3.05, 3.63) is 96.1 Å². The summed E-state index contributed by atoms with van der Waals surface area (Å²) < 4.78 is 0. The van der Waals surface area contributed by atoms with Crippen LogP contribution < -0.4 is 4.90 Å². The fraction of sp³-hybridized carbons (Fsp3) is 0.344. The summed E-state index contributed by atoms with van der Waals surface area (Å²) in [5.41, 5.74) is 3.55. The number of benzene rings is 3. The number of hydrogen-bond donors (Lipinski definition) is 1. The lowest BCUT2D eigenvalue weighted by Crippen LogP contribution is -2.67. The summed E-state index contributed by atoms with van der Waals surface area (Å²) >= 11 is 0. The van der Waals surface area contributed by atoms with Crippen LogP contribution in [0.3, 0.4) is 0 Å². The van der Waals surface area contributed by atoms with Crippen LogP contribution in [0.1, 0.15) is 43.7 Å². The number of piperazine rings is 1. The summed E-state index contributed by atoms with van der Waals surface area (Å²) in [5, 5.41) is 10.4. The van der Waals surface area contributed by atoms with Crippen LogP contribution in [-0.2, 0) is 11.3 Å². The highest BCUT2D eigenvalue weighted by Crippen LogP contribution is 2.37. The molecular weight excluding hydrogens is 504 g/mol. The van der Waals surface area contributed by atoms with Gasteiger partial charge in [0, 0.05) is 20.1 Å². The quantitative estimate of drug-likeness (QED) is 0.421. The molecule has 0 aliphatic carbocycles. The van der Waals surface area contributed by atoms with Gasteiger partial charge in [-0.05, 0) is 54.2 Å². The first-order chi connectivity index (χ1) is 19.3. The Morgan fingerprint density at radius 2 is 1.43 bits per heavy atom. The molecule has 2 fully saturated rings. The molecule has 0 unspecified atom stereocenters. The fourth-order valence-electron chi connectivity index (χ4n) is 5.94. The highest BCUT2D eigenvalue weighted by molar-refractivity contribution is 6.01. The third-order valence-corrected chi connectivity index (χ3v) is 7.99. The number of likely N-dealkylation sites (tertiary alicyclic amines) is 1. The summed E-state index contributed by atoms with van der Waals surface area (Å²) in [7, 11) is 1.75. The van der Waals surface area contributed by atoms with Crippen LogP contribution in [0.4, 0.5) is 21.0 Å². The molecule has 5 rings (SSSR count). The summed E-state index contributed by atoms with van der Waals surface area (Å²) in [6.07, 6.45) is 1.18. The second-order valence-corrected chi connectivity index (χ2v) is 11.0. The van der Waals surface area contributed by atoms with Crippen LogP contribution in [0.25, 0.3) is 0 Å². The molecule has 3 atom stereocenters. The highest BCUT2D eigenvalue weighted by Gasteiger charge is 2.54. The fourth-order valence-corrected chi connectivity index (χ4v) is 5.94. The first kappa shape index (κ1) is 27.2. The van der Waals surface area contributed by atoms with Gasteiger partial charge in [0.25, 0.3) is 0 Å². The number of fused-ring (bicyclic) bond motifs is 2. The Balaban J connectivity index is 1.39. The minimum absolute atomic E-state index is 0.158. The zero-order chi connectivity index (χ0) is 28.4. The lowest BCUT2D eigenvalue weighted by molar-refractivity contribution is -0.145. The molecule has 0 radical (unpaired) electrons. The second-order valence-electron chi connectivity index (χ2n) is 11.0. The number of carbonyl (C=O) groups is 3. The maximum absolute atomic E-state index is 14.1. The van der Waals surface area contributed by atoms with Crippen LogP contribution in [-0.4, -0.2) is 69.6 Å². The summed E-state index contributed by atoms with van der Waals surface area (Å²) in [6.45, 7) is 4.86. The van der Waals surface area contributed by atoms with Crippen molar-refractivity contribution in [2.75, 3.05) is 18.5 Å². The number of amides is 4. The van der Waals surface area contributed by atoms with Crippen molar-refractivity contribution in [2.24, 2.45) is 0 Å². The largest absolute Gasteiger partial charge is 0.480 e. The lowest BCUT2D eigenvalue weighted by atomic mass is 10.0. The first-order valence-corrected chi connectivity index (χ1v) is 13.8. The van der Waals surface area contributed by atoms with Crippen molar-refractivity contribution in [1.82, 2.24) is 14.7 Å². The number of carboxylic acids is 1. The number of carboxylic acid groups (broad SMARTS) is 1. The third kappa shape index (κ3) is 5.26. The lowest BCUT2D eigenvalue weighted by Gasteiger charge is -2.47. The minimum Gasteiger partial charge on any atom is -0.480 e. The van der Waals surface area contributed by atoms with Gasteiger partial charge in [0.05, 0.1) is 23.5 Å². The van der Waals surface area contributed by atoms with Gasteiger partial charge in [-0.15, -0.1) is 0 Å². The molecule has 0 spiro atoms. The predicted molar refractivity (Wildman–Crippen MR) is 155 cm³/mol. The van der Waals surface area contributed by atoms with Crippen LogP contribution >= 0.6 is 0 Å². The van der Waals surface area contributed by atoms with E-state index < -0.39 is 24.1 Å². The normalized spacial score (nSPS) is 19.9. The zero-order valence-electron chi connectivity index (χ0n) is 23.2. The predicted octanol–water partition coefficient (Wildman–Crippen LogP) is 5.92. The van der Waals surface area contributed by atoms with Gasteiger partial charge >= 0.3 is 18.0 Å². The van der Waals surface area contributed by atoms with Gasteiger partial charge in [-0.1, -0.05) is 74.5 Å². The Hall–Kier alpha value is -4.33. The van der Waals surface area contributed by atoms with E-state index in [1.165, 1.54) is 10.5 Å². The molecule has 3 aromatic carbocycles. The molecule has 4 amide bonds. The number of aliphatic carboxylic acids is 1. The van der Waals surface area contributed by atoms with E-state index in [4.69, 9.17) is 0 Å². The first-order valence-electron chi connectivity index (χ1n) is 13.8. The minimum atomic E-state index is -1.15. The molecule has 2 heterocycles. The molecular formula is C32H36N4O4. The van der Waals surface area contributed by atoms with Gasteiger partial charge in [0.15, 0.2) is 6.04 Å². The van der Waals surface area contributed by atoms with Gasteiger partial charge in [-0.3, -0.25) is 4.90 Å². The highest BCUT2D eigenvalue weighted by atomic mass is 16.4. The molecule has 40 heavy (non-hydrogen) atoms. The number of hydrogen-bond acceptors (Lipinski definition) is 3. The Kier molecular flexibility index (Phi) is 7.78. The average molecular weight is 541 g/mol. The monoisotopic (exact) mass is 540 g/mol. The molecule has 8 nitrogen and oxygen atoms in total. The van der Waals surface area contributed by atoms with E-state index in [0.717, 1.165) is 5.56 Å². The molecule has 3 aromatic rings. The Morgan fingerprint density at radius 3 is 1.95 bits per heavy atom. The van der Waals surface area contributed by atoms with Gasteiger partial charge in [0.1, 0.15) is 0 Å². The summed E-state index contributed by atoms with van der Waals surface area (Å²) in [6, 6.07) is 24.1. The topological polar surface area (TPSA) is 84.4 Å². The van der Waals surface area contributed by atoms with Crippen molar-refractivity contribution in [3.8, 4) is 0 Å². The molecule has 2 saturated heterocycles. The third-order valence-electron chi connectivity index (χ3n) is 7.99. The number of nitrogens with zero attached hydrogens (tertiary/aromatic N) is 4. The van der Waals surface area contributed by atoms with Gasteiger partial charge in [-0.25, -0.2) is 14.4 Å². The summed E-state index contributed by atoms with van der Waals surface area (Å²) in [4.78, 5) is 46.9. The SMILES string of the molecule is CC(C)c1ccc(CN(C)C(=O)N2[C@H]3CC[C@@H]2[C@@H](C(=O)O)N(C(=O)N(c2ccccc2)c2ccccc2)C3)cc1. The summed E-state index contributed by atoms with van der Waals surface area (Å²) in [5.74, 6) is -0.680. The van der Waals surface area contributed by atoms with Gasteiger partial charge < -0.3 is 19.8 Å². The van der Waals surface area contributed by atoms with Gasteiger partial charge in [0.2, 0.25) is 0 Å². The van der Waals surface area contributed by atoms with E-state index in [-0.39, 0.29) is 18.6 Å². The average Bonchev–Trinajstić information content (AvgIpc) is 3.25. The Labute approximate surface area is 235 Å². The van der Waals surface area contributed by atoms with E-state index >= 15 is 0 Å². The molecule has 8 heteroatoms. The molecule has 208 valence electrons. The smallest absolute Gasteiger partial charge is 0.329 e. The van der Waals surface area contributed by atoms with Crippen molar-refractivity contribution in [2.45, 2.75) is 57.3 Å².